The first kappa shape index (κ1) is 17.3. The van der Waals surface area contributed by atoms with Gasteiger partial charge in [-0.05, 0) is 37.3 Å². The van der Waals surface area contributed by atoms with E-state index in [2.05, 4.69) is 15.6 Å². The van der Waals surface area contributed by atoms with E-state index in [4.69, 9.17) is 0 Å². The Morgan fingerprint density at radius 2 is 1.85 bits per heavy atom. The van der Waals surface area contributed by atoms with Gasteiger partial charge in [0, 0.05) is 30.1 Å². The largest absolute Gasteiger partial charge is 0.378 e. The SMILES string of the molecule is CC(=O)c1ccc(NCCNc2ccc3ccccc3n2)c([N+](=O)[O-])c1. The summed E-state index contributed by atoms with van der Waals surface area (Å²) >= 11 is 0. The van der Waals surface area contributed by atoms with Gasteiger partial charge < -0.3 is 10.6 Å². The predicted molar refractivity (Wildman–Crippen MR) is 102 cm³/mol. The molecule has 3 aromatic rings. The minimum absolute atomic E-state index is 0.110. The van der Waals surface area contributed by atoms with Crippen molar-refractivity contribution in [3.05, 3.63) is 70.3 Å². The molecule has 2 N–H and O–H groups in total. The van der Waals surface area contributed by atoms with Crippen LogP contribution in [0.2, 0.25) is 0 Å². The molecule has 0 aliphatic carbocycles. The molecule has 7 heteroatoms. The number of fused-ring (bicyclic) bond motifs is 1. The van der Waals surface area contributed by atoms with Crippen LogP contribution in [0.3, 0.4) is 0 Å². The summed E-state index contributed by atoms with van der Waals surface area (Å²) in [4.78, 5) is 26.6. The molecule has 0 amide bonds. The van der Waals surface area contributed by atoms with Crippen molar-refractivity contribution in [1.29, 1.82) is 0 Å². The number of nitro benzene ring substituents is 1. The number of nitrogens with one attached hydrogen (secondary N) is 2. The van der Waals surface area contributed by atoms with Gasteiger partial charge >= 0.3 is 0 Å². The highest BCUT2D eigenvalue weighted by molar-refractivity contribution is 5.95. The summed E-state index contributed by atoms with van der Waals surface area (Å²) < 4.78 is 0. The number of anilines is 2. The maximum atomic E-state index is 11.4. The van der Waals surface area contributed by atoms with Crippen LogP contribution < -0.4 is 10.6 Å². The fourth-order valence-electron chi connectivity index (χ4n) is 2.60. The van der Waals surface area contributed by atoms with Crippen LogP contribution in [0.15, 0.2) is 54.6 Å². The zero-order valence-electron chi connectivity index (χ0n) is 14.2. The summed E-state index contributed by atoms with van der Waals surface area (Å²) in [6.45, 7) is 2.39. The Morgan fingerprint density at radius 1 is 1.08 bits per heavy atom. The lowest BCUT2D eigenvalue weighted by Gasteiger charge is -2.10. The fraction of sp³-hybridized carbons (Fsp3) is 0.158. The number of nitrogens with zero attached hydrogens (tertiary/aromatic N) is 2. The lowest BCUT2D eigenvalue weighted by molar-refractivity contribution is -0.384. The average molecular weight is 350 g/mol. The second kappa shape index (κ2) is 7.60. The summed E-state index contributed by atoms with van der Waals surface area (Å²) in [5.74, 6) is 0.538. The van der Waals surface area contributed by atoms with Crippen molar-refractivity contribution in [3.63, 3.8) is 0 Å². The standard InChI is InChI=1S/C19H18N4O3/c1-13(24)15-6-8-17(18(12-15)23(25)26)20-10-11-21-19-9-7-14-4-2-3-5-16(14)22-19/h2-9,12,20H,10-11H2,1H3,(H,21,22). The third kappa shape index (κ3) is 3.94. The monoisotopic (exact) mass is 350 g/mol. The first-order valence-corrected chi connectivity index (χ1v) is 8.17. The smallest absolute Gasteiger partial charge is 0.293 e. The number of nitro groups is 1. The predicted octanol–water partition coefficient (Wildman–Crippen LogP) is 3.87. The summed E-state index contributed by atoms with van der Waals surface area (Å²) in [7, 11) is 0. The Kier molecular flexibility index (Phi) is 5.07. The molecule has 0 aliphatic heterocycles. The van der Waals surface area contributed by atoms with Crippen LogP contribution in [0.4, 0.5) is 17.2 Å². The highest BCUT2D eigenvalue weighted by Gasteiger charge is 2.15. The number of aromatic nitrogens is 1. The first-order chi connectivity index (χ1) is 12.5. The van der Waals surface area contributed by atoms with Crippen molar-refractivity contribution in [1.82, 2.24) is 4.98 Å². The second-order valence-corrected chi connectivity index (χ2v) is 5.79. The minimum Gasteiger partial charge on any atom is -0.378 e. The van der Waals surface area contributed by atoms with Crippen molar-refractivity contribution in [2.75, 3.05) is 23.7 Å². The molecule has 26 heavy (non-hydrogen) atoms. The highest BCUT2D eigenvalue weighted by atomic mass is 16.6. The van der Waals surface area contributed by atoms with E-state index >= 15 is 0 Å². The molecule has 1 heterocycles. The molecule has 0 atom stereocenters. The van der Waals surface area contributed by atoms with Crippen LogP contribution >= 0.6 is 0 Å². The highest BCUT2D eigenvalue weighted by Crippen LogP contribution is 2.25. The van der Waals surface area contributed by atoms with Gasteiger partial charge in [-0.3, -0.25) is 14.9 Å². The Balaban J connectivity index is 1.62. The number of carbonyl (C=O) groups excluding carboxylic acids is 1. The molecule has 0 radical (unpaired) electrons. The van der Waals surface area contributed by atoms with Crippen LogP contribution in [0.25, 0.3) is 10.9 Å². The van der Waals surface area contributed by atoms with E-state index in [1.54, 1.807) is 12.1 Å². The molecule has 0 spiro atoms. The molecule has 0 unspecified atom stereocenters. The lowest BCUT2D eigenvalue weighted by atomic mass is 10.1. The van der Waals surface area contributed by atoms with Gasteiger partial charge in [0.2, 0.25) is 0 Å². The number of rotatable bonds is 7. The number of hydrogen-bond donors (Lipinski definition) is 2. The van der Waals surface area contributed by atoms with Crippen molar-refractivity contribution >= 4 is 33.9 Å². The van der Waals surface area contributed by atoms with Crippen molar-refractivity contribution in [2.24, 2.45) is 0 Å². The zero-order chi connectivity index (χ0) is 18.5. The van der Waals surface area contributed by atoms with Crippen LogP contribution in [-0.2, 0) is 0 Å². The van der Waals surface area contributed by atoms with Gasteiger partial charge in [-0.1, -0.05) is 18.2 Å². The Hall–Kier alpha value is -3.48. The van der Waals surface area contributed by atoms with Crippen LogP contribution in [0.5, 0.6) is 0 Å². The van der Waals surface area contributed by atoms with Gasteiger partial charge in [-0.15, -0.1) is 0 Å². The van der Waals surface area contributed by atoms with Gasteiger partial charge in [-0.25, -0.2) is 4.98 Å². The number of carbonyl (C=O) groups is 1. The maximum absolute atomic E-state index is 11.4. The number of Topliss-reactive ketones (excluding diaryl/α,β-unsaturated/α-hetero) is 1. The third-order valence-corrected chi connectivity index (χ3v) is 3.95. The van der Waals surface area contributed by atoms with Crippen molar-refractivity contribution < 1.29 is 9.72 Å². The van der Waals surface area contributed by atoms with Crippen LogP contribution in [0, 0.1) is 10.1 Å². The van der Waals surface area contributed by atoms with Crippen LogP contribution in [-0.4, -0.2) is 28.8 Å². The molecule has 132 valence electrons. The Bertz CT molecular complexity index is 972. The van der Waals surface area contributed by atoms with Gasteiger partial charge in [-0.2, -0.15) is 0 Å². The molecule has 0 fully saturated rings. The normalized spacial score (nSPS) is 10.5. The van der Waals surface area contributed by atoms with E-state index in [1.807, 2.05) is 36.4 Å². The minimum atomic E-state index is -0.493. The topological polar surface area (TPSA) is 97.2 Å². The molecule has 0 saturated carbocycles. The first-order valence-electron chi connectivity index (χ1n) is 8.17. The van der Waals surface area contributed by atoms with Gasteiger partial charge in [0.25, 0.3) is 5.69 Å². The number of hydrogen-bond acceptors (Lipinski definition) is 6. The van der Waals surface area contributed by atoms with Gasteiger partial charge in [0.05, 0.1) is 10.4 Å². The quantitative estimate of drug-likeness (QED) is 0.290. The van der Waals surface area contributed by atoms with Crippen LogP contribution in [0.1, 0.15) is 17.3 Å². The molecule has 7 nitrogen and oxygen atoms in total. The van der Waals surface area contributed by atoms with Crippen molar-refractivity contribution in [3.8, 4) is 0 Å². The maximum Gasteiger partial charge on any atom is 0.293 e. The summed E-state index contributed by atoms with van der Waals surface area (Å²) in [5, 5.41) is 18.5. The number of benzene rings is 2. The number of para-hydroxylation sites is 1. The second-order valence-electron chi connectivity index (χ2n) is 5.79. The number of ketones is 1. The van der Waals surface area contributed by atoms with Crippen molar-refractivity contribution in [2.45, 2.75) is 6.92 Å². The summed E-state index contributed by atoms with van der Waals surface area (Å²) in [5.41, 5.74) is 1.50. The van der Waals surface area contributed by atoms with E-state index in [-0.39, 0.29) is 11.5 Å². The van der Waals surface area contributed by atoms with Gasteiger partial charge in [0.1, 0.15) is 11.5 Å². The summed E-state index contributed by atoms with van der Waals surface area (Å²) in [6, 6.07) is 16.2. The van der Waals surface area contributed by atoms with E-state index < -0.39 is 4.92 Å². The molecule has 0 aliphatic rings. The summed E-state index contributed by atoms with van der Waals surface area (Å²) in [6.07, 6.45) is 0. The van der Waals surface area contributed by atoms with E-state index in [0.717, 1.165) is 16.7 Å². The molecule has 0 saturated heterocycles. The molecule has 1 aromatic heterocycles. The molecular weight excluding hydrogens is 332 g/mol. The van der Waals surface area contributed by atoms with Gasteiger partial charge in [0.15, 0.2) is 5.78 Å². The molecule has 0 bridgehead atoms. The Morgan fingerprint density at radius 3 is 2.62 bits per heavy atom. The molecule has 3 rings (SSSR count). The zero-order valence-corrected chi connectivity index (χ0v) is 14.2. The fourth-order valence-corrected chi connectivity index (χ4v) is 2.60. The van der Waals surface area contributed by atoms with E-state index in [9.17, 15) is 14.9 Å². The third-order valence-electron chi connectivity index (χ3n) is 3.95. The van der Waals surface area contributed by atoms with E-state index in [1.165, 1.54) is 13.0 Å². The average Bonchev–Trinajstić information content (AvgIpc) is 2.65. The lowest BCUT2D eigenvalue weighted by Crippen LogP contribution is -2.15. The van der Waals surface area contributed by atoms with E-state index in [0.29, 0.717) is 24.3 Å². The Labute approximate surface area is 150 Å². The molecule has 2 aromatic carbocycles. The molecular formula is C19H18N4O3. The number of pyridine rings is 1.